The summed E-state index contributed by atoms with van der Waals surface area (Å²) in [5.74, 6) is 0.884. The number of hydrogen-bond acceptors (Lipinski definition) is 3. The van der Waals surface area contributed by atoms with Crippen LogP contribution in [0.1, 0.15) is 12.8 Å². The van der Waals surface area contributed by atoms with Crippen LogP contribution in [0, 0.1) is 0 Å². The highest BCUT2D eigenvalue weighted by molar-refractivity contribution is 5.99. The molecule has 60 valence electrons. The van der Waals surface area contributed by atoms with E-state index in [4.69, 9.17) is 0 Å². The highest BCUT2D eigenvalue weighted by atomic mass is 16.2. The molecular formula is C7H11N3O. The van der Waals surface area contributed by atoms with E-state index in [2.05, 4.69) is 15.2 Å². The maximum atomic E-state index is 10.9. The van der Waals surface area contributed by atoms with Crippen LogP contribution in [-0.2, 0) is 4.79 Å². The second-order valence-electron chi connectivity index (χ2n) is 2.84. The number of rotatable bonds is 0. The number of hydrogen-bond donors (Lipinski definition) is 1. The zero-order valence-corrected chi connectivity index (χ0v) is 6.34. The number of nitrogens with one attached hydrogen (secondary N) is 1. The Kier molecular flexibility index (Phi) is 1.52. The van der Waals surface area contributed by atoms with Crippen molar-refractivity contribution in [3.8, 4) is 0 Å². The number of carbonyl (C=O) groups is 1. The number of carbonyl (C=O) groups excluding carboxylic acids is 1. The van der Waals surface area contributed by atoms with Gasteiger partial charge < -0.3 is 4.90 Å². The van der Waals surface area contributed by atoms with Crippen molar-refractivity contribution in [2.24, 2.45) is 4.99 Å². The van der Waals surface area contributed by atoms with Crippen molar-refractivity contribution in [3.05, 3.63) is 0 Å². The molecule has 2 rings (SSSR count). The van der Waals surface area contributed by atoms with Crippen molar-refractivity contribution in [2.45, 2.75) is 12.8 Å². The van der Waals surface area contributed by atoms with E-state index in [9.17, 15) is 4.79 Å². The van der Waals surface area contributed by atoms with Crippen molar-refractivity contribution in [1.82, 2.24) is 10.2 Å². The lowest BCUT2D eigenvalue weighted by Gasteiger charge is -2.32. The van der Waals surface area contributed by atoms with Gasteiger partial charge in [0.2, 0.25) is 11.9 Å². The minimum Gasteiger partial charge on any atom is -0.342 e. The summed E-state index contributed by atoms with van der Waals surface area (Å²) in [6.45, 7) is 2.73. The summed E-state index contributed by atoms with van der Waals surface area (Å²) in [6.07, 6.45) is 1.72. The molecule has 1 amide bonds. The molecule has 0 atom stereocenters. The highest BCUT2D eigenvalue weighted by Crippen LogP contribution is 2.06. The van der Waals surface area contributed by atoms with Crippen molar-refractivity contribution < 1.29 is 4.79 Å². The highest BCUT2D eigenvalue weighted by Gasteiger charge is 2.22. The molecule has 2 heterocycles. The monoisotopic (exact) mass is 153 g/mol. The predicted molar refractivity (Wildman–Crippen MR) is 41.3 cm³/mol. The molecule has 2 aliphatic heterocycles. The Morgan fingerprint density at radius 2 is 2.36 bits per heavy atom. The van der Waals surface area contributed by atoms with Crippen LogP contribution in [0.5, 0.6) is 0 Å². The molecule has 0 unspecified atom stereocenters. The van der Waals surface area contributed by atoms with Crippen molar-refractivity contribution in [2.75, 3.05) is 19.6 Å². The molecule has 0 aromatic rings. The van der Waals surface area contributed by atoms with Gasteiger partial charge in [-0.2, -0.15) is 0 Å². The number of nitrogens with zero attached hydrogens (tertiary/aromatic N) is 2. The Hall–Kier alpha value is -1.06. The van der Waals surface area contributed by atoms with Gasteiger partial charge in [-0.25, -0.2) is 0 Å². The summed E-state index contributed by atoms with van der Waals surface area (Å²) < 4.78 is 0. The van der Waals surface area contributed by atoms with Gasteiger partial charge in [-0.15, -0.1) is 0 Å². The van der Waals surface area contributed by atoms with Crippen molar-refractivity contribution >= 4 is 11.9 Å². The van der Waals surface area contributed by atoms with E-state index in [1.807, 2.05) is 0 Å². The minimum atomic E-state index is 0.0990. The van der Waals surface area contributed by atoms with E-state index in [0.717, 1.165) is 32.0 Å². The largest absolute Gasteiger partial charge is 0.342 e. The van der Waals surface area contributed by atoms with E-state index in [1.165, 1.54) is 0 Å². The first-order chi connectivity index (χ1) is 5.36. The fourth-order valence-corrected chi connectivity index (χ4v) is 1.41. The third kappa shape index (κ3) is 1.20. The van der Waals surface area contributed by atoms with Crippen LogP contribution in [0.25, 0.3) is 0 Å². The quantitative estimate of drug-likeness (QED) is 0.513. The van der Waals surface area contributed by atoms with Gasteiger partial charge >= 0.3 is 0 Å². The molecule has 0 spiro atoms. The van der Waals surface area contributed by atoms with Crippen LogP contribution in [0.2, 0.25) is 0 Å². The van der Waals surface area contributed by atoms with E-state index < -0.39 is 0 Å². The average Bonchev–Trinajstić information content (AvgIpc) is 2.04. The number of amides is 1. The lowest BCUT2D eigenvalue weighted by molar-refractivity contribution is -0.120. The minimum absolute atomic E-state index is 0.0990. The summed E-state index contributed by atoms with van der Waals surface area (Å²) in [7, 11) is 0. The summed E-state index contributed by atoms with van der Waals surface area (Å²) in [6, 6.07) is 0. The predicted octanol–water partition coefficient (Wildman–Crippen LogP) is -0.432. The molecule has 1 fully saturated rings. The van der Waals surface area contributed by atoms with E-state index in [-0.39, 0.29) is 5.91 Å². The molecule has 1 N–H and O–H groups in total. The molecule has 0 radical (unpaired) electrons. The summed E-state index contributed by atoms with van der Waals surface area (Å²) in [4.78, 5) is 17.2. The van der Waals surface area contributed by atoms with E-state index in [0.29, 0.717) is 6.42 Å². The molecule has 1 saturated heterocycles. The third-order valence-electron chi connectivity index (χ3n) is 2.01. The summed E-state index contributed by atoms with van der Waals surface area (Å²) in [5, 5.41) is 2.76. The molecule has 0 saturated carbocycles. The zero-order chi connectivity index (χ0) is 7.68. The topological polar surface area (TPSA) is 44.7 Å². The molecule has 4 nitrogen and oxygen atoms in total. The second-order valence-corrected chi connectivity index (χ2v) is 2.84. The SMILES string of the molecule is O=C1CCN2CCCN=C2N1. The van der Waals surface area contributed by atoms with E-state index in [1.54, 1.807) is 0 Å². The number of aliphatic imine (C=N–C) groups is 1. The number of fused-ring (bicyclic) bond motifs is 1. The Labute approximate surface area is 65.3 Å². The Morgan fingerprint density at radius 1 is 1.45 bits per heavy atom. The van der Waals surface area contributed by atoms with Crippen LogP contribution in [0.3, 0.4) is 0 Å². The van der Waals surface area contributed by atoms with Gasteiger partial charge in [0.25, 0.3) is 0 Å². The first-order valence-corrected chi connectivity index (χ1v) is 3.95. The Bertz CT molecular complexity index is 212. The third-order valence-corrected chi connectivity index (χ3v) is 2.01. The first kappa shape index (κ1) is 6.64. The Balaban J connectivity index is 2.13. The van der Waals surface area contributed by atoms with Gasteiger partial charge in [0.1, 0.15) is 0 Å². The van der Waals surface area contributed by atoms with Crippen LogP contribution in [0.15, 0.2) is 4.99 Å². The molecule has 0 aromatic heterocycles. The van der Waals surface area contributed by atoms with Crippen LogP contribution in [0.4, 0.5) is 0 Å². The smallest absolute Gasteiger partial charge is 0.228 e. The van der Waals surface area contributed by atoms with Crippen molar-refractivity contribution in [1.29, 1.82) is 0 Å². The normalized spacial score (nSPS) is 23.8. The lowest BCUT2D eigenvalue weighted by Crippen LogP contribution is -2.52. The summed E-state index contributed by atoms with van der Waals surface area (Å²) >= 11 is 0. The Morgan fingerprint density at radius 3 is 3.27 bits per heavy atom. The zero-order valence-electron chi connectivity index (χ0n) is 6.34. The molecular weight excluding hydrogens is 142 g/mol. The van der Waals surface area contributed by atoms with Crippen LogP contribution in [-0.4, -0.2) is 36.4 Å². The standard InChI is InChI=1S/C7H11N3O/c11-6-2-5-10-4-1-3-8-7(10)9-6/h1-5H2,(H,8,9,11). The van der Waals surface area contributed by atoms with Gasteiger partial charge in [0, 0.05) is 26.1 Å². The lowest BCUT2D eigenvalue weighted by atomic mass is 10.2. The molecule has 0 aromatic carbocycles. The first-order valence-electron chi connectivity index (χ1n) is 3.95. The van der Waals surface area contributed by atoms with Crippen molar-refractivity contribution in [3.63, 3.8) is 0 Å². The molecule has 11 heavy (non-hydrogen) atoms. The van der Waals surface area contributed by atoms with Crippen LogP contribution >= 0.6 is 0 Å². The van der Waals surface area contributed by atoms with Crippen LogP contribution < -0.4 is 5.32 Å². The van der Waals surface area contributed by atoms with Gasteiger partial charge in [0.05, 0.1) is 0 Å². The van der Waals surface area contributed by atoms with Gasteiger partial charge in [-0.1, -0.05) is 0 Å². The van der Waals surface area contributed by atoms with Gasteiger partial charge in [0.15, 0.2) is 0 Å². The second kappa shape index (κ2) is 2.53. The fourth-order valence-electron chi connectivity index (χ4n) is 1.41. The van der Waals surface area contributed by atoms with Gasteiger partial charge in [-0.3, -0.25) is 15.1 Å². The molecule has 0 aliphatic carbocycles. The van der Waals surface area contributed by atoms with E-state index >= 15 is 0 Å². The maximum absolute atomic E-state index is 10.9. The maximum Gasteiger partial charge on any atom is 0.228 e. The fraction of sp³-hybridized carbons (Fsp3) is 0.714. The molecule has 0 bridgehead atoms. The average molecular weight is 153 g/mol. The molecule has 4 heteroatoms. The van der Waals surface area contributed by atoms with Gasteiger partial charge in [-0.05, 0) is 6.42 Å². The molecule has 2 aliphatic rings. The summed E-state index contributed by atoms with van der Waals surface area (Å²) in [5.41, 5.74) is 0. The number of guanidine groups is 1.